The van der Waals surface area contributed by atoms with E-state index in [1.807, 2.05) is 25.1 Å². The Morgan fingerprint density at radius 1 is 1.08 bits per heavy atom. The Labute approximate surface area is 148 Å². The highest BCUT2D eigenvalue weighted by Gasteiger charge is 2.45. The summed E-state index contributed by atoms with van der Waals surface area (Å²) in [4.78, 5) is 0.461. The van der Waals surface area contributed by atoms with Gasteiger partial charge in [-0.3, -0.25) is 0 Å². The average Bonchev–Trinajstić information content (AvgIpc) is 3.14. The molecule has 1 saturated heterocycles. The van der Waals surface area contributed by atoms with Crippen LogP contribution in [0.3, 0.4) is 0 Å². The number of sulfonamides is 1. The van der Waals surface area contributed by atoms with Gasteiger partial charge in [-0.25, -0.2) is 8.42 Å². The summed E-state index contributed by atoms with van der Waals surface area (Å²) >= 11 is 0. The number of benzene rings is 1. The summed E-state index contributed by atoms with van der Waals surface area (Å²) in [5, 5.41) is 8.59. The molecule has 2 aliphatic heterocycles. The molecule has 1 aromatic carbocycles. The summed E-state index contributed by atoms with van der Waals surface area (Å²) in [6, 6.07) is 7.35. The lowest BCUT2D eigenvalue weighted by atomic mass is 10.1. The quantitative estimate of drug-likeness (QED) is 0.838. The fourth-order valence-electron chi connectivity index (χ4n) is 4.27. The molecule has 1 fully saturated rings. The molecule has 2 aromatic rings. The number of fused-ring (bicyclic) bond motifs is 3. The molecule has 0 aliphatic carbocycles. The van der Waals surface area contributed by atoms with Crippen LogP contribution in [-0.2, 0) is 35.8 Å². The second kappa shape index (κ2) is 6.21. The molecule has 6 nitrogen and oxygen atoms in total. The predicted molar refractivity (Wildman–Crippen MR) is 94.8 cm³/mol. The minimum atomic E-state index is -3.51. The third-order valence-corrected chi connectivity index (χ3v) is 7.60. The zero-order valence-electron chi connectivity index (χ0n) is 14.7. The Kier molecular flexibility index (Phi) is 4.16. The molecule has 0 radical (unpaired) electrons. The summed E-state index contributed by atoms with van der Waals surface area (Å²) in [5.74, 6) is 1.88. The summed E-state index contributed by atoms with van der Waals surface area (Å²) < 4.78 is 30.9. The summed E-state index contributed by atoms with van der Waals surface area (Å²) in [6.45, 7) is 4.72. The van der Waals surface area contributed by atoms with Gasteiger partial charge >= 0.3 is 0 Å². The maximum atomic E-state index is 13.5. The fourth-order valence-corrected chi connectivity index (χ4v) is 6.43. The van der Waals surface area contributed by atoms with Crippen LogP contribution in [0.1, 0.15) is 43.9 Å². The Bertz CT molecular complexity index is 890. The average molecular weight is 360 g/mol. The van der Waals surface area contributed by atoms with Gasteiger partial charge in [0.1, 0.15) is 11.6 Å². The largest absolute Gasteiger partial charge is 0.313 e. The van der Waals surface area contributed by atoms with Crippen LogP contribution in [0.25, 0.3) is 0 Å². The van der Waals surface area contributed by atoms with Crippen LogP contribution < -0.4 is 0 Å². The fraction of sp³-hybridized carbons (Fsp3) is 0.556. The third kappa shape index (κ3) is 2.60. The van der Waals surface area contributed by atoms with Gasteiger partial charge in [-0.1, -0.05) is 32.0 Å². The van der Waals surface area contributed by atoms with Crippen LogP contribution in [0.15, 0.2) is 29.2 Å². The van der Waals surface area contributed by atoms with Crippen molar-refractivity contribution in [3.05, 3.63) is 41.5 Å². The molecule has 3 heterocycles. The van der Waals surface area contributed by atoms with E-state index in [1.54, 1.807) is 10.4 Å². The van der Waals surface area contributed by atoms with Gasteiger partial charge in [0.25, 0.3) is 0 Å². The van der Waals surface area contributed by atoms with Gasteiger partial charge in [-0.15, -0.1) is 10.2 Å². The third-order valence-electron chi connectivity index (χ3n) is 5.49. The highest BCUT2D eigenvalue weighted by atomic mass is 32.2. The number of aromatic nitrogens is 3. The molecule has 2 bridgehead atoms. The lowest BCUT2D eigenvalue weighted by Gasteiger charge is -2.28. The number of nitrogens with zero attached hydrogens (tertiary/aromatic N) is 4. The molecule has 0 amide bonds. The normalized spacial score (nSPS) is 23.4. The number of hydrogen-bond donors (Lipinski definition) is 0. The second-order valence-corrected chi connectivity index (χ2v) is 8.69. The van der Waals surface area contributed by atoms with Crippen molar-refractivity contribution in [2.45, 2.75) is 69.5 Å². The van der Waals surface area contributed by atoms with Gasteiger partial charge in [0.15, 0.2) is 0 Å². The van der Waals surface area contributed by atoms with Gasteiger partial charge in [0.2, 0.25) is 10.0 Å². The molecular formula is C18H24N4O2S. The lowest BCUT2D eigenvalue weighted by Crippen LogP contribution is -2.42. The number of hydrogen-bond acceptors (Lipinski definition) is 4. The molecule has 2 atom stereocenters. The Balaban J connectivity index is 1.76. The van der Waals surface area contributed by atoms with Gasteiger partial charge in [-0.2, -0.15) is 4.31 Å². The van der Waals surface area contributed by atoms with Crippen LogP contribution in [0, 0.1) is 0 Å². The smallest absolute Gasteiger partial charge is 0.243 e. The Morgan fingerprint density at radius 3 is 2.60 bits per heavy atom. The van der Waals surface area contributed by atoms with E-state index in [1.165, 1.54) is 0 Å². The van der Waals surface area contributed by atoms with Gasteiger partial charge in [0, 0.05) is 31.5 Å². The van der Waals surface area contributed by atoms with E-state index in [2.05, 4.69) is 21.7 Å². The predicted octanol–water partition coefficient (Wildman–Crippen LogP) is 2.18. The molecule has 2 aliphatic rings. The van der Waals surface area contributed by atoms with Crippen molar-refractivity contribution in [3.8, 4) is 0 Å². The van der Waals surface area contributed by atoms with Crippen molar-refractivity contribution in [2.75, 3.05) is 0 Å². The minimum absolute atomic E-state index is 0.0116. The first kappa shape index (κ1) is 16.7. The summed E-state index contributed by atoms with van der Waals surface area (Å²) in [6.07, 6.45) is 3.97. The van der Waals surface area contributed by atoms with Gasteiger partial charge < -0.3 is 4.57 Å². The maximum absolute atomic E-state index is 13.5. The van der Waals surface area contributed by atoms with E-state index in [-0.39, 0.29) is 12.1 Å². The molecule has 1 aromatic heterocycles. The molecule has 134 valence electrons. The first-order valence-corrected chi connectivity index (χ1v) is 10.5. The molecular weight excluding hydrogens is 336 g/mol. The monoisotopic (exact) mass is 360 g/mol. The molecule has 4 rings (SSSR count). The molecule has 0 spiro atoms. The number of aryl methyl sites for hydroxylation is 2. The van der Waals surface area contributed by atoms with E-state index >= 15 is 0 Å². The van der Waals surface area contributed by atoms with Gasteiger partial charge in [0.05, 0.1) is 4.90 Å². The molecule has 0 saturated carbocycles. The van der Waals surface area contributed by atoms with Crippen LogP contribution in [-0.4, -0.2) is 39.6 Å². The molecule has 25 heavy (non-hydrogen) atoms. The van der Waals surface area contributed by atoms with E-state index in [9.17, 15) is 8.42 Å². The van der Waals surface area contributed by atoms with Crippen LogP contribution in [0.5, 0.6) is 0 Å². The van der Waals surface area contributed by atoms with Crippen LogP contribution in [0.2, 0.25) is 0 Å². The van der Waals surface area contributed by atoms with E-state index in [0.29, 0.717) is 24.3 Å². The van der Waals surface area contributed by atoms with Crippen LogP contribution in [0.4, 0.5) is 0 Å². The van der Waals surface area contributed by atoms with Crippen molar-refractivity contribution in [2.24, 2.45) is 0 Å². The summed E-state index contributed by atoms with van der Waals surface area (Å²) in [5.41, 5.74) is 0.889. The second-order valence-electron chi connectivity index (χ2n) is 6.88. The van der Waals surface area contributed by atoms with E-state index in [4.69, 9.17) is 0 Å². The molecule has 7 heteroatoms. The molecule has 0 unspecified atom stereocenters. The van der Waals surface area contributed by atoms with Crippen molar-refractivity contribution in [1.82, 2.24) is 19.1 Å². The lowest BCUT2D eigenvalue weighted by molar-refractivity contribution is 0.313. The van der Waals surface area contributed by atoms with Crippen molar-refractivity contribution >= 4 is 10.0 Å². The highest BCUT2D eigenvalue weighted by molar-refractivity contribution is 7.89. The number of rotatable bonds is 4. The first-order chi connectivity index (χ1) is 12.1. The zero-order chi connectivity index (χ0) is 17.6. The Hall–Kier alpha value is -1.73. The van der Waals surface area contributed by atoms with Crippen molar-refractivity contribution < 1.29 is 8.42 Å². The maximum Gasteiger partial charge on any atom is 0.243 e. The first-order valence-electron chi connectivity index (χ1n) is 9.08. The minimum Gasteiger partial charge on any atom is -0.313 e. The summed E-state index contributed by atoms with van der Waals surface area (Å²) in [7, 11) is -3.51. The van der Waals surface area contributed by atoms with Gasteiger partial charge in [-0.05, 0) is 30.9 Å². The topological polar surface area (TPSA) is 68.1 Å². The zero-order valence-corrected chi connectivity index (χ0v) is 15.5. The van der Waals surface area contributed by atoms with E-state index < -0.39 is 10.0 Å². The van der Waals surface area contributed by atoms with Crippen molar-refractivity contribution in [1.29, 1.82) is 0 Å². The van der Waals surface area contributed by atoms with Crippen molar-refractivity contribution in [3.63, 3.8) is 0 Å². The Morgan fingerprint density at radius 2 is 1.84 bits per heavy atom. The van der Waals surface area contributed by atoms with Crippen LogP contribution >= 0.6 is 0 Å². The molecule has 0 N–H and O–H groups in total. The van der Waals surface area contributed by atoms with E-state index in [0.717, 1.165) is 36.5 Å². The standard InChI is InChI=1S/C18H24N4O2S/c1-3-13-7-5-6-8-16(13)25(23,24)22-14-9-10-15(22)12-21-17(4-2)19-20-18(21)11-14/h5-8,14-15H,3-4,9-12H2,1-2H3/t14-,15+/m0/s1. The highest BCUT2D eigenvalue weighted by Crippen LogP contribution is 2.37. The SMILES string of the molecule is CCc1ccccc1S(=O)(=O)N1[C@@H]2CC[C@H]1Cc1nnc(CC)n1C2.